The molecule has 3 heteroatoms. The number of ether oxygens (including phenoxy) is 1. The summed E-state index contributed by atoms with van der Waals surface area (Å²) in [6, 6.07) is 4.06. The molecular formula is C9H10Br2O. The van der Waals surface area contributed by atoms with E-state index in [4.69, 9.17) is 4.74 Å². The van der Waals surface area contributed by atoms with E-state index in [2.05, 4.69) is 44.8 Å². The van der Waals surface area contributed by atoms with Gasteiger partial charge in [-0.25, -0.2) is 0 Å². The highest BCUT2D eigenvalue weighted by atomic mass is 79.9. The van der Waals surface area contributed by atoms with Gasteiger partial charge in [-0.15, -0.1) is 0 Å². The van der Waals surface area contributed by atoms with E-state index in [1.165, 1.54) is 11.1 Å². The molecule has 0 amide bonds. The van der Waals surface area contributed by atoms with Crippen molar-refractivity contribution in [1.29, 1.82) is 0 Å². The zero-order valence-corrected chi connectivity index (χ0v) is 10.2. The van der Waals surface area contributed by atoms with Gasteiger partial charge in [0.15, 0.2) is 0 Å². The van der Waals surface area contributed by atoms with Crippen LogP contribution in [-0.2, 0) is 5.33 Å². The highest BCUT2D eigenvalue weighted by Crippen LogP contribution is 2.28. The minimum atomic E-state index is 0.829. The number of rotatable bonds is 2. The van der Waals surface area contributed by atoms with Crippen molar-refractivity contribution in [3.8, 4) is 5.75 Å². The minimum absolute atomic E-state index is 0.829. The SMILES string of the molecule is COc1cc(Br)cc(C)c1CBr. The minimum Gasteiger partial charge on any atom is -0.496 e. The quantitative estimate of drug-likeness (QED) is 0.756. The second kappa shape index (κ2) is 4.28. The number of methoxy groups -OCH3 is 1. The predicted molar refractivity (Wildman–Crippen MR) is 58.1 cm³/mol. The topological polar surface area (TPSA) is 9.23 Å². The van der Waals surface area contributed by atoms with E-state index < -0.39 is 0 Å². The molecule has 0 aromatic heterocycles. The van der Waals surface area contributed by atoms with Gasteiger partial charge in [-0.1, -0.05) is 31.9 Å². The molecule has 0 unspecified atom stereocenters. The molecule has 12 heavy (non-hydrogen) atoms. The molecule has 66 valence electrons. The van der Waals surface area contributed by atoms with E-state index in [0.29, 0.717) is 0 Å². The molecule has 1 rings (SSSR count). The fourth-order valence-corrected chi connectivity index (χ4v) is 2.37. The van der Waals surface area contributed by atoms with Crippen LogP contribution in [0.3, 0.4) is 0 Å². The van der Waals surface area contributed by atoms with E-state index in [0.717, 1.165) is 15.6 Å². The molecule has 0 radical (unpaired) electrons. The van der Waals surface area contributed by atoms with Crippen molar-refractivity contribution in [3.63, 3.8) is 0 Å². The number of hydrogen-bond acceptors (Lipinski definition) is 1. The smallest absolute Gasteiger partial charge is 0.124 e. The van der Waals surface area contributed by atoms with Gasteiger partial charge in [0.1, 0.15) is 5.75 Å². The number of alkyl halides is 1. The number of halogens is 2. The molecule has 1 aromatic carbocycles. The third-order valence-electron chi connectivity index (χ3n) is 1.75. The lowest BCUT2D eigenvalue weighted by Crippen LogP contribution is -1.92. The average Bonchev–Trinajstić information content (AvgIpc) is 2.03. The molecule has 0 saturated carbocycles. The first-order valence-electron chi connectivity index (χ1n) is 3.58. The normalized spacial score (nSPS) is 10.0. The van der Waals surface area contributed by atoms with Crippen molar-refractivity contribution in [2.75, 3.05) is 7.11 Å². The number of hydrogen-bond donors (Lipinski definition) is 0. The van der Waals surface area contributed by atoms with Crippen LogP contribution in [0.25, 0.3) is 0 Å². The van der Waals surface area contributed by atoms with E-state index >= 15 is 0 Å². The molecule has 0 atom stereocenters. The average molecular weight is 294 g/mol. The maximum absolute atomic E-state index is 5.24. The fourth-order valence-electron chi connectivity index (χ4n) is 1.10. The Morgan fingerprint density at radius 2 is 2.08 bits per heavy atom. The molecular weight excluding hydrogens is 284 g/mol. The first-order valence-corrected chi connectivity index (χ1v) is 5.49. The van der Waals surface area contributed by atoms with Crippen molar-refractivity contribution in [2.24, 2.45) is 0 Å². The van der Waals surface area contributed by atoms with Gasteiger partial charge in [0, 0.05) is 15.4 Å². The largest absolute Gasteiger partial charge is 0.496 e. The van der Waals surface area contributed by atoms with Gasteiger partial charge in [0.25, 0.3) is 0 Å². The zero-order valence-electron chi connectivity index (χ0n) is 7.03. The Morgan fingerprint density at radius 3 is 2.58 bits per heavy atom. The number of benzene rings is 1. The lowest BCUT2D eigenvalue weighted by atomic mass is 10.1. The summed E-state index contributed by atoms with van der Waals surface area (Å²) >= 11 is 6.85. The summed E-state index contributed by atoms with van der Waals surface area (Å²) in [5.74, 6) is 0.929. The molecule has 0 aliphatic rings. The molecule has 0 N–H and O–H groups in total. The number of aryl methyl sites for hydroxylation is 1. The van der Waals surface area contributed by atoms with Crippen molar-refractivity contribution in [3.05, 3.63) is 27.7 Å². The molecule has 0 aliphatic heterocycles. The molecule has 0 heterocycles. The van der Waals surface area contributed by atoms with Crippen LogP contribution in [0.5, 0.6) is 5.75 Å². The Balaban J connectivity index is 3.24. The second-order valence-electron chi connectivity index (χ2n) is 2.54. The second-order valence-corrected chi connectivity index (χ2v) is 4.01. The predicted octanol–water partition coefficient (Wildman–Crippen LogP) is 3.66. The standard InChI is InChI=1S/C9H10Br2O/c1-6-3-7(11)4-9(12-2)8(6)5-10/h3-4H,5H2,1-2H3. The van der Waals surface area contributed by atoms with Crippen LogP contribution in [0.2, 0.25) is 0 Å². The van der Waals surface area contributed by atoms with Gasteiger partial charge in [-0.3, -0.25) is 0 Å². The lowest BCUT2D eigenvalue weighted by Gasteiger charge is -2.09. The van der Waals surface area contributed by atoms with E-state index in [1.54, 1.807) is 7.11 Å². The monoisotopic (exact) mass is 292 g/mol. The summed E-state index contributed by atoms with van der Waals surface area (Å²) in [7, 11) is 1.69. The zero-order chi connectivity index (χ0) is 9.14. The van der Waals surface area contributed by atoms with Crippen molar-refractivity contribution in [1.82, 2.24) is 0 Å². The molecule has 1 aromatic rings. The first-order chi connectivity index (χ1) is 5.69. The van der Waals surface area contributed by atoms with E-state index in [-0.39, 0.29) is 0 Å². The molecule has 0 bridgehead atoms. The molecule has 0 fully saturated rings. The first kappa shape index (κ1) is 10.1. The Labute approximate surface area is 89.4 Å². The molecule has 0 saturated heterocycles. The summed E-state index contributed by atoms with van der Waals surface area (Å²) in [6.07, 6.45) is 0. The summed E-state index contributed by atoms with van der Waals surface area (Å²) in [4.78, 5) is 0. The van der Waals surface area contributed by atoms with Gasteiger partial charge in [-0.2, -0.15) is 0 Å². The maximum Gasteiger partial charge on any atom is 0.124 e. The van der Waals surface area contributed by atoms with Gasteiger partial charge in [-0.05, 0) is 24.6 Å². The van der Waals surface area contributed by atoms with Gasteiger partial charge in [0.05, 0.1) is 7.11 Å². The van der Waals surface area contributed by atoms with Crippen LogP contribution in [0.4, 0.5) is 0 Å². The van der Waals surface area contributed by atoms with Crippen LogP contribution in [0.15, 0.2) is 16.6 Å². The summed E-state index contributed by atoms with van der Waals surface area (Å²) in [5.41, 5.74) is 2.44. The Kier molecular flexibility index (Phi) is 3.59. The van der Waals surface area contributed by atoms with Crippen LogP contribution in [-0.4, -0.2) is 7.11 Å². The fraction of sp³-hybridized carbons (Fsp3) is 0.333. The Morgan fingerprint density at radius 1 is 1.42 bits per heavy atom. The van der Waals surface area contributed by atoms with E-state index in [1.807, 2.05) is 6.07 Å². The molecule has 0 aliphatic carbocycles. The van der Waals surface area contributed by atoms with Crippen LogP contribution >= 0.6 is 31.9 Å². The van der Waals surface area contributed by atoms with Crippen molar-refractivity contribution in [2.45, 2.75) is 12.3 Å². The van der Waals surface area contributed by atoms with Crippen LogP contribution in [0, 0.1) is 6.92 Å². The Bertz CT molecular complexity index is 284. The van der Waals surface area contributed by atoms with E-state index in [9.17, 15) is 0 Å². The summed E-state index contributed by atoms with van der Waals surface area (Å²) in [5, 5.41) is 0.829. The highest BCUT2D eigenvalue weighted by molar-refractivity contribution is 9.10. The van der Waals surface area contributed by atoms with Crippen LogP contribution < -0.4 is 4.74 Å². The maximum atomic E-state index is 5.24. The van der Waals surface area contributed by atoms with Gasteiger partial charge >= 0.3 is 0 Å². The van der Waals surface area contributed by atoms with Crippen molar-refractivity contribution >= 4 is 31.9 Å². The third kappa shape index (κ3) is 2.02. The van der Waals surface area contributed by atoms with Gasteiger partial charge in [0.2, 0.25) is 0 Å². The summed E-state index contributed by atoms with van der Waals surface area (Å²) in [6.45, 7) is 2.07. The van der Waals surface area contributed by atoms with Crippen LogP contribution in [0.1, 0.15) is 11.1 Å². The Hall–Kier alpha value is -0.0200. The molecule has 1 nitrogen and oxygen atoms in total. The summed E-state index contributed by atoms with van der Waals surface area (Å²) < 4.78 is 6.29. The highest BCUT2D eigenvalue weighted by Gasteiger charge is 2.05. The molecule has 0 spiro atoms. The lowest BCUT2D eigenvalue weighted by molar-refractivity contribution is 0.410. The third-order valence-corrected chi connectivity index (χ3v) is 2.77. The van der Waals surface area contributed by atoms with Crippen molar-refractivity contribution < 1.29 is 4.74 Å². The van der Waals surface area contributed by atoms with Gasteiger partial charge < -0.3 is 4.74 Å².